The van der Waals surface area contributed by atoms with Crippen molar-refractivity contribution in [1.29, 1.82) is 0 Å². The molecule has 7 aromatic rings. The molecule has 2 aromatic heterocycles. The molecule has 0 spiro atoms. The average molecular weight is 526 g/mol. The van der Waals surface area contributed by atoms with Gasteiger partial charge in [-0.2, -0.15) is 0 Å². The van der Waals surface area contributed by atoms with Gasteiger partial charge in [0.2, 0.25) is 0 Å². The van der Waals surface area contributed by atoms with E-state index in [1.54, 1.807) is 0 Å². The first-order chi connectivity index (χ1) is 20.3. The summed E-state index contributed by atoms with van der Waals surface area (Å²) < 4.78 is 5.44. The lowest BCUT2D eigenvalue weighted by atomic mass is 9.93. The normalized spacial score (nSPS) is 12.7. The van der Waals surface area contributed by atoms with Crippen LogP contribution in [-0.2, 0) is 12.8 Å². The van der Waals surface area contributed by atoms with Gasteiger partial charge in [0.25, 0.3) is 0 Å². The second-order valence-corrected chi connectivity index (χ2v) is 10.9. The topological polar surface area (TPSA) is 51.8 Å². The van der Waals surface area contributed by atoms with Gasteiger partial charge in [0.15, 0.2) is 5.52 Å². The van der Waals surface area contributed by atoms with Crippen LogP contribution in [-0.4, -0.2) is 15.3 Å². The third-order valence-electron chi connectivity index (χ3n) is 8.62. The molecule has 0 saturated carbocycles. The lowest BCUT2D eigenvalue weighted by molar-refractivity contribution is 0.315. The van der Waals surface area contributed by atoms with Gasteiger partial charge < -0.3 is 0 Å². The fourth-order valence-electron chi connectivity index (χ4n) is 6.67. The van der Waals surface area contributed by atoms with Crippen LogP contribution < -0.4 is 0 Å². The van der Waals surface area contributed by atoms with Crippen molar-refractivity contribution in [3.05, 3.63) is 138 Å². The lowest BCUT2D eigenvalue weighted by Gasteiger charge is -2.14. The summed E-state index contributed by atoms with van der Waals surface area (Å²) in [5.41, 5.74) is 17.6. The van der Waals surface area contributed by atoms with E-state index in [0.29, 0.717) is 5.52 Å². The molecule has 2 heterocycles. The fraction of sp³-hybridized carbons (Fsp3) is 0.0541. The smallest absolute Gasteiger partial charge is 0.162 e. The van der Waals surface area contributed by atoms with E-state index in [1.165, 1.54) is 44.5 Å². The van der Waals surface area contributed by atoms with E-state index < -0.39 is 0 Å². The second kappa shape index (κ2) is 8.57. The number of fused-ring (bicyclic) bond motifs is 7. The van der Waals surface area contributed by atoms with Crippen LogP contribution in [0.25, 0.3) is 66.9 Å². The second-order valence-electron chi connectivity index (χ2n) is 10.9. The quantitative estimate of drug-likeness (QED) is 0.231. The van der Waals surface area contributed by atoms with Crippen molar-refractivity contribution < 1.29 is 4.63 Å². The summed E-state index contributed by atoms with van der Waals surface area (Å²) in [6.45, 7) is 0. The standard InChI is InChI=1S/C37H23N3O/c1-2-8-22(9-3-1)34-33(27-16-14-25-18-23-10-4-6-12-29(23)31(25)20-27)36-37(40-41-39-36)35(38-34)28-17-15-26-19-24-11-5-7-13-30(24)32(26)21-28/h1-17,20-21H,18-19H2. The summed E-state index contributed by atoms with van der Waals surface area (Å²) in [7, 11) is 0. The van der Waals surface area contributed by atoms with Crippen molar-refractivity contribution in [2.75, 3.05) is 0 Å². The number of pyridine rings is 1. The van der Waals surface area contributed by atoms with Gasteiger partial charge in [0.05, 0.1) is 5.69 Å². The minimum absolute atomic E-state index is 0.673. The van der Waals surface area contributed by atoms with Gasteiger partial charge in [-0.05, 0) is 85.4 Å². The first-order valence-corrected chi connectivity index (χ1v) is 14.0. The molecule has 0 unspecified atom stereocenters. The van der Waals surface area contributed by atoms with Crippen molar-refractivity contribution >= 4 is 11.0 Å². The predicted octanol–water partition coefficient (Wildman–Crippen LogP) is 8.76. The van der Waals surface area contributed by atoms with Gasteiger partial charge >= 0.3 is 0 Å². The van der Waals surface area contributed by atoms with Gasteiger partial charge in [0, 0.05) is 16.7 Å². The monoisotopic (exact) mass is 525 g/mol. The number of aromatic nitrogens is 3. The molecule has 5 aromatic carbocycles. The van der Waals surface area contributed by atoms with Gasteiger partial charge in [-0.1, -0.05) is 103 Å². The number of hydrogen-bond acceptors (Lipinski definition) is 4. The highest BCUT2D eigenvalue weighted by atomic mass is 16.6. The van der Waals surface area contributed by atoms with Gasteiger partial charge in [-0.15, -0.1) is 0 Å². The highest BCUT2D eigenvalue weighted by molar-refractivity contribution is 6.05. The SMILES string of the molecule is c1ccc(-c2nc(-c3ccc4c(c3)-c3ccccc3C4)c3nonc3c2-c2ccc3c(c2)-c2ccccc2C3)cc1. The molecule has 0 bridgehead atoms. The van der Waals surface area contributed by atoms with Crippen LogP contribution in [0, 0.1) is 0 Å². The Kier molecular flexibility index (Phi) is 4.70. The molecule has 0 atom stereocenters. The first kappa shape index (κ1) is 22.5. The van der Waals surface area contributed by atoms with Crippen LogP contribution in [0.1, 0.15) is 22.3 Å². The summed E-state index contributed by atoms with van der Waals surface area (Å²) in [6, 6.07) is 41.0. The van der Waals surface area contributed by atoms with Crippen molar-refractivity contribution in [3.8, 4) is 55.9 Å². The number of hydrogen-bond donors (Lipinski definition) is 0. The van der Waals surface area contributed by atoms with Crippen LogP contribution in [0.4, 0.5) is 0 Å². The summed E-state index contributed by atoms with van der Waals surface area (Å²) in [4.78, 5) is 5.35. The number of rotatable bonds is 3. The molecule has 0 N–H and O–H groups in total. The molecule has 0 fully saturated rings. The van der Waals surface area contributed by atoms with Crippen LogP contribution in [0.5, 0.6) is 0 Å². The molecule has 9 rings (SSSR count). The molecule has 0 aliphatic heterocycles. The van der Waals surface area contributed by atoms with Crippen LogP contribution in [0.15, 0.2) is 120 Å². The molecule has 0 radical (unpaired) electrons. The summed E-state index contributed by atoms with van der Waals surface area (Å²) >= 11 is 0. The molecule has 2 aliphatic rings. The lowest BCUT2D eigenvalue weighted by Crippen LogP contribution is -1.97. The number of nitrogens with zero attached hydrogens (tertiary/aromatic N) is 3. The van der Waals surface area contributed by atoms with E-state index in [0.717, 1.165) is 52.0 Å². The van der Waals surface area contributed by atoms with E-state index in [1.807, 2.05) is 6.07 Å². The molecule has 41 heavy (non-hydrogen) atoms. The molecular weight excluding hydrogens is 502 g/mol. The average Bonchev–Trinajstić information content (AvgIpc) is 3.75. The van der Waals surface area contributed by atoms with E-state index >= 15 is 0 Å². The highest BCUT2D eigenvalue weighted by Gasteiger charge is 2.26. The van der Waals surface area contributed by atoms with Crippen LogP contribution in [0.2, 0.25) is 0 Å². The highest BCUT2D eigenvalue weighted by Crippen LogP contribution is 2.45. The maximum atomic E-state index is 5.44. The van der Waals surface area contributed by atoms with Crippen molar-refractivity contribution in [1.82, 2.24) is 15.3 Å². The summed E-state index contributed by atoms with van der Waals surface area (Å²) in [6.07, 6.45) is 1.91. The maximum absolute atomic E-state index is 5.44. The molecule has 0 amide bonds. The number of benzene rings is 5. The van der Waals surface area contributed by atoms with Gasteiger partial charge in [0.1, 0.15) is 11.2 Å². The molecule has 192 valence electrons. The van der Waals surface area contributed by atoms with E-state index in [-0.39, 0.29) is 0 Å². The third-order valence-corrected chi connectivity index (χ3v) is 8.62. The Morgan fingerprint density at radius 2 is 1.00 bits per heavy atom. The molecule has 2 aliphatic carbocycles. The fourth-order valence-corrected chi connectivity index (χ4v) is 6.67. The van der Waals surface area contributed by atoms with Gasteiger partial charge in [-0.3, -0.25) is 0 Å². The Bertz CT molecular complexity index is 2160. The zero-order chi connectivity index (χ0) is 26.9. The molecule has 4 nitrogen and oxygen atoms in total. The predicted molar refractivity (Wildman–Crippen MR) is 162 cm³/mol. The third kappa shape index (κ3) is 3.37. The Balaban J connectivity index is 1.29. The van der Waals surface area contributed by atoms with E-state index in [2.05, 4.69) is 120 Å². The Morgan fingerprint density at radius 3 is 1.71 bits per heavy atom. The summed E-state index contributed by atoms with van der Waals surface area (Å²) in [5.74, 6) is 0. The molecule has 0 saturated heterocycles. The Labute approximate surface area is 236 Å². The van der Waals surface area contributed by atoms with E-state index in [9.17, 15) is 0 Å². The van der Waals surface area contributed by atoms with Gasteiger partial charge in [-0.25, -0.2) is 9.61 Å². The Hall–Kier alpha value is -5.35. The largest absolute Gasteiger partial charge is 0.245 e. The van der Waals surface area contributed by atoms with Crippen molar-refractivity contribution in [3.63, 3.8) is 0 Å². The van der Waals surface area contributed by atoms with Crippen LogP contribution >= 0.6 is 0 Å². The zero-order valence-electron chi connectivity index (χ0n) is 22.1. The molecular formula is C37H23N3O. The summed E-state index contributed by atoms with van der Waals surface area (Å²) in [5, 5.41) is 8.90. The maximum Gasteiger partial charge on any atom is 0.162 e. The minimum Gasteiger partial charge on any atom is -0.245 e. The van der Waals surface area contributed by atoms with E-state index in [4.69, 9.17) is 9.61 Å². The molecule has 4 heteroatoms. The minimum atomic E-state index is 0.673. The zero-order valence-corrected chi connectivity index (χ0v) is 22.1. The Morgan fingerprint density at radius 1 is 0.439 bits per heavy atom. The van der Waals surface area contributed by atoms with Crippen LogP contribution in [0.3, 0.4) is 0 Å². The first-order valence-electron chi connectivity index (χ1n) is 14.0. The van der Waals surface area contributed by atoms with Crippen molar-refractivity contribution in [2.45, 2.75) is 12.8 Å². The van der Waals surface area contributed by atoms with Crippen molar-refractivity contribution in [2.24, 2.45) is 0 Å².